The molecule has 0 fully saturated rings. The maximum atomic E-state index is 14.8. The van der Waals surface area contributed by atoms with Gasteiger partial charge >= 0.3 is 0 Å². The second-order valence-electron chi connectivity index (χ2n) is 9.80. The largest absolute Gasteiger partial charge is 0.354 e. The van der Waals surface area contributed by atoms with Crippen molar-refractivity contribution in [3.63, 3.8) is 0 Å². The average Bonchev–Trinajstić information content (AvgIpc) is 2.90. The van der Waals surface area contributed by atoms with Gasteiger partial charge in [-0.25, -0.2) is 12.8 Å². The smallest absolute Gasteiger partial charge is 0.244 e. The fraction of sp³-hybridized carbons (Fsp3) is 0.310. The number of anilines is 1. The molecule has 0 saturated heterocycles. The zero-order chi connectivity index (χ0) is 29.4. The molecule has 1 atom stereocenters. The SMILES string of the molecule is CC(C)CNC(=O)C(Cc1ccccc1)N(Cc1ccccc1F)C(=O)CN(c1cccc(Cl)c1Cl)S(C)(=O)=O. The summed E-state index contributed by atoms with van der Waals surface area (Å²) in [7, 11) is -4.03. The normalized spacial score (nSPS) is 12.2. The fourth-order valence-electron chi connectivity index (χ4n) is 4.07. The first-order valence-electron chi connectivity index (χ1n) is 12.6. The van der Waals surface area contributed by atoms with Crippen LogP contribution in [-0.4, -0.2) is 50.5 Å². The number of amides is 2. The second-order valence-corrected chi connectivity index (χ2v) is 12.5. The van der Waals surface area contributed by atoms with Crippen molar-refractivity contribution in [1.29, 1.82) is 0 Å². The van der Waals surface area contributed by atoms with Crippen LogP contribution in [0.15, 0.2) is 72.8 Å². The molecule has 0 heterocycles. The van der Waals surface area contributed by atoms with Crippen LogP contribution in [0.5, 0.6) is 0 Å². The Morgan fingerprint density at radius 1 is 0.950 bits per heavy atom. The van der Waals surface area contributed by atoms with Gasteiger partial charge in [-0.15, -0.1) is 0 Å². The highest BCUT2D eigenvalue weighted by molar-refractivity contribution is 7.92. The maximum Gasteiger partial charge on any atom is 0.244 e. The summed E-state index contributed by atoms with van der Waals surface area (Å²) in [5, 5.41) is 2.94. The number of hydrogen-bond acceptors (Lipinski definition) is 4. The van der Waals surface area contributed by atoms with Crippen molar-refractivity contribution in [3.8, 4) is 0 Å². The molecule has 0 aliphatic rings. The lowest BCUT2D eigenvalue weighted by Gasteiger charge is -2.34. The van der Waals surface area contributed by atoms with Gasteiger partial charge in [-0.05, 0) is 29.7 Å². The van der Waals surface area contributed by atoms with Crippen LogP contribution in [-0.2, 0) is 32.6 Å². The Kier molecular flexibility index (Phi) is 11.0. The first-order valence-corrected chi connectivity index (χ1v) is 15.2. The van der Waals surface area contributed by atoms with Crippen molar-refractivity contribution in [2.75, 3.05) is 23.7 Å². The van der Waals surface area contributed by atoms with E-state index in [2.05, 4.69) is 5.32 Å². The minimum atomic E-state index is -4.03. The predicted octanol–water partition coefficient (Wildman–Crippen LogP) is 5.31. The number of carbonyl (C=O) groups excluding carboxylic acids is 2. The van der Waals surface area contributed by atoms with Gasteiger partial charge in [0.2, 0.25) is 21.8 Å². The Morgan fingerprint density at radius 3 is 2.23 bits per heavy atom. The monoisotopic (exact) mass is 607 g/mol. The molecule has 3 aromatic rings. The molecule has 214 valence electrons. The molecular formula is C29H32Cl2FN3O4S. The van der Waals surface area contributed by atoms with Crippen molar-refractivity contribution in [1.82, 2.24) is 10.2 Å². The standard InChI is InChI=1S/C29H32Cl2FN3O4S/c1-20(2)17-33-29(37)26(16-21-10-5-4-6-11-21)34(18-22-12-7-8-14-24(22)32)27(36)19-35(40(3,38)39)25-15-9-13-23(30)28(25)31/h4-15,20,26H,16-19H2,1-3H3,(H,33,37). The molecule has 1 unspecified atom stereocenters. The van der Waals surface area contributed by atoms with Gasteiger partial charge in [0.05, 0.1) is 22.0 Å². The molecule has 3 rings (SSSR count). The average molecular weight is 609 g/mol. The summed E-state index contributed by atoms with van der Waals surface area (Å²) in [5.74, 6) is -1.57. The Morgan fingerprint density at radius 2 is 1.60 bits per heavy atom. The molecule has 2 amide bonds. The Bertz CT molecular complexity index is 1440. The third-order valence-corrected chi connectivity index (χ3v) is 8.07. The molecule has 40 heavy (non-hydrogen) atoms. The summed E-state index contributed by atoms with van der Waals surface area (Å²) >= 11 is 12.5. The second kappa shape index (κ2) is 14.0. The van der Waals surface area contributed by atoms with Crippen molar-refractivity contribution in [2.24, 2.45) is 5.92 Å². The third kappa shape index (κ3) is 8.43. The molecule has 1 N–H and O–H groups in total. The Hall–Kier alpha value is -3.14. The van der Waals surface area contributed by atoms with Crippen LogP contribution in [0.1, 0.15) is 25.0 Å². The Balaban J connectivity index is 2.08. The summed E-state index contributed by atoms with van der Waals surface area (Å²) < 4.78 is 41.3. The highest BCUT2D eigenvalue weighted by Crippen LogP contribution is 2.34. The van der Waals surface area contributed by atoms with Gasteiger partial charge in [-0.2, -0.15) is 0 Å². The summed E-state index contributed by atoms with van der Waals surface area (Å²) in [6, 6.07) is 18.4. The highest BCUT2D eigenvalue weighted by Gasteiger charge is 2.34. The number of sulfonamides is 1. The topological polar surface area (TPSA) is 86.8 Å². The van der Waals surface area contributed by atoms with Crippen LogP contribution in [0.2, 0.25) is 10.0 Å². The summed E-state index contributed by atoms with van der Waals surface area (Å²) in [5.41, 5.74) is 0.966. The molecule has 0 aliphatic carbocycles. The van der Waals surface area contributed by atoms with Gasteiger partial charge in [0.15, 0.2) is 0 Å². The van der Waals surface area contributed by atoms with Gasteiger partial charge < -0.3 is 10.2 Å². The molecule has 11 heteroatoms. The van der Waals surface area contributed by atoms with Crippen molar-refractivity contribution < 1.29 is 22.4 Å². The van der Waals surface area contributed by atoms with Crippen molar-refractivity contribution >= 4 is 50.7 Å². The van der Waals surface area contributed by atoms with E-state index in [0.717, 1.165) is 16.1 Å². The van der Waals surface area contributed by atoms with Gasteiger partial charge in [0.1, 0.15) is 18.4 Å². The number of halogens is 3. The van der Waals surface area contributed by atoms with Crippen molar-refractivity contribution in [3.05, 3.63) is 99.8 Å². The van der Waals surface area contributed by atoms with Crippen LogP contribution in [0.4, 0.5) is 10.1 Å². The van der Waals surface area contributed by atoms with E-state index in [0.29, 0.717) is 6.54 Å². The van der Waals surface area contributed by atoms with Gasteiger partial charge in [-0.3, -0.25) is 13.9 Å². The third-order valence-electron chi connectivity index (χ3n) is 6.13. The minimum Gasteiger partial charge on any atom is -0.354 e. The summed E-state index contributed by atoms with van der Waals surface area (Å²) in [4.78, 5) is 28.8. The van der Waals surface area contributed by atoms with Gasteiger partial charge in [0.25, 0.3) is 0 Å². The molecule has 0 bridgehead atoms. The zero-order valence-electron chi connectivity index (χ0n) is 22.5. The van der Waals surface area contributed by atoms with E-state index in [1.165, 1.54) is 41.3 Å². The quantitative estimate of drug-likeness (QED) is 0.302. The number of rotatable bonds is 12. The lowest BCUT2D eigenvalue weighted by molar-refractivity contribution is -0.140. The molecular weight excluding hydrogens is 576 g/mol. The van der Waals surface area contributed by atoms with Gasteiger partial charge in [0, 0.05) is 25.1 Å². The number of nitrogens with zero attached hydrogens (tertiary/aromatic N) is 2. The molecule has 7 nitrogen and oxygen atoms in total. The fourth-order valence-corrected chi connectivity index (χ4v) is 5.37. The molecule has 0 aliphatic heterocycles. The van der Waals surface area contributed by atoms with E-state index in [1.54, 1.807) is 6.07 Å². The van der Waals surface area contributed by atoms with Crippen LogP contribution in [0.25, 0.3) is 0 Å². The van der Waals surface area contributed by atoms with Crippen LogP contribution < -0.4 is 9.62 Å². The predicted molar refractivity (Wildman–Crippen MR) is 157 cm³/mol. The van der Waals surface area contributed by atoms with E-state index in [-0.39, 0.29) is 40.2 Å². The number of carbonyl (C=O) groups is 2. The summed E-state index contributed by atoms with van der Waals surface area (Å²) in [6.45, 7) is 3.29. The van der Waals surface area contributed by atoms with Gasteiger partial charge in [-0.1, -0.05) is 91.6 Å². The molecule has 3 aromatic carbocycles. The van der Waals surface area contributed by atoms with E-state index in [9.17, 15) is 22.4 Å². The maximum absolute atomic E-state index is 14.8. The van der Waals surface area contributed by atoms with E-state index in [4.69, 9.17) is 23.2 Å². The number of hydrogen-bond donors (Lipinski definition) is 1. The Labute approximate surface area is 244 Å². The lowest BCUT2D eigenvalue weighted by Crippen LogP contribution is -2.53. The van der Waals surface area contributed by atoms with Crippen LogP contribution >= 0.6 is 23.2 Å². The minimum absolute atomic E-state index is 0.0136. The van der Waals surface area contributed by atoms with Crippen molar-refractivity contribution in [2.45, 2.75) is 32.9 Å². The first kappa shape index (κ1) is 31.4. The van der Waals surface area contributed by atoms with Crippen LogP contribution in [0, 0.1) is 11.7 Å². The molecule has 0 spiro atoms. The van der Waals surface area contributed by atoms with Crippen LogP contribution in [0.3, 0.4) is 0 Å². The molecule has 0 aromatic heterocycles. The first-order chi connectivity index (χ1) is 18.9. The zero-order valence-corrected chi connectivity index (χ0v) is 24.8. The number of nitrogens with one attached hydrogen (secondary N) is 1. The molecule has 0 saturated carbocycles. The van der Waals surface area contributed by atoms with E-state index < -0.39 is 40.2 Å². The summed E-state index contributed by atoms with van der Waals surface area (Å²) in [6.07, 6.45) is 1.07. The molecule has 0 radical (unpaired) electrons. The van der Waals surface area contributed by atoms with E-state index in [1.807, 2.05) is 44.2 Å². The lowest BCUT2D eigenvalue weighted by atomic mass is 10.0. The van der Waals surface area contributed by atoms with E-state index >= 15 is 0 Å². The number of benzene rings is 3. The highest BCUT2D eigenvalue weighted by atomic mass is 35.5.